The summed E-state index contributed by atoms with van der Waals surface area (Å²) in [4.78, 5) is 10.8. The van der Waals surface area contributed by atoms with Gasteiger partial charge in [-0.25, -0.2) is 9.97 Å². The minimum atomic E-state index is -1.10. The topological polar surface area (TPSA) is 25.8 Å². The van der Waals surface area contributed by atoms with Gasteiger partial charge in [-0.15, -0.1) is 0 Å². The predicted molar refractivity (Wildman–Crippen MR) is 237 cm³/mol. The normalized spacial score (nSPS) is 11.8. The van der Waals surface area contributed by atoms with E-state index in [1.807, 2.05) is 0 Å². The van der Waals surface area contributed by atoms with Crippen LogP contribution in [0.4, 0.5) is 0 Å². The lowest BCUT2D eigenvalue weighted by Gasteiger charge is -2.26. The van der Waals surface area contributed by atoms with Gasteiger partial charge in [0.05, 0.1) is 22.4 Å². The van der Waals surface area contributed by atoms with Gasteiger partial charge in [0.1, 0.15) is 0 Å². The maximum atomic E-state index is 5.39. The Kier molecular flexibility index (Phi) is 7.50. The molecule has 0 spiro atoms. The fourth-order valence-corrected chi connectivity index (χ4v) is 11.3. The third kappa shape index (κ3) is 5.14. The summed E-state index contributed by atoms with van der Waals surface area (Å²) in [6.07, 6.45) is 0. The van der Waals surface area contributed by atoms with Crippen molar-refractivity contribution in [1.29, 1.82) is 0 Å². The van der Waals surface area contributed by atoms with Crippen LogP contribution in [0.3, 0.4) is 0 Å². The first-order valence-corrected chi connectivity index (χ1v) is 20.1. The fraction of sp³-hybridized carbons (Fsp3) is 0. The molecule has 0 aliphatic rings. The van der Waals surface area contributed by atoms with E-state index >= 15 is 0 Å². The van der Waals surface area contributed by atoms with Gasteiger partial charge in [-0.3, -0.25) is 0 Å². The molecular weight excluding hydrogens is 684 g/mol. The van der Waals surface area contributed by atoms with Crippen molar-refractivity contribution in [3.63, 3.8) is 0 Å². The highest BCUT2D eigenvalue weighted by Gasteiger charge is 2.26. The highest BCUT2D eigenvalue weighted by atomic mass is 31.1. The monoisotopic (exact) mass is 716 g/mol. The number of aromatic nitrogens is 2. The molecule has 0 saturated carbocycles. The van der Waals surface area contributed by atoms with Crippen LogP contribution < -0.4 is 15.9 Å². The third-order valence-electron chi connectivity index (χ3n) is 11.0. The number of nitrogens with zero attached hydrogens (tertiary/aromatic N) is 2. The lowest BCUT2D eigenvalue weighted by molar-refractivity contribution is 1.43. The van der Waals surface area contributed by atoms with Crippen LogP contribution in [0, 0.1) is 0 Å². The molecule has 2 aromatic heterocycles. The van der Waals surface area contributed by atoms with Crippen molar-refractivity contribution in [2.75, 3.05) is 0 Å². The van der Waals surface area contributed by atoms with E-state index in [4.69, 9.17) is 9.97 Å². The van der Waals surface area contributed by atoms with E-state index in [-0.39, 0.29) is 0 Å². The van der Waals surface area contributed by atoms with Gasteiger partial charge in [0.25, 0.3) is 0 Å². The molecule has 11 rings (SSSR count). The lowest BCUT2D eigenvalue weighted by atomic mass is 9.95. The van der Waals surface area contributed by atoms with Crippen LogP contribution in [0.15, 0.2) is 200 Å². The molecule has 2 nitrogen and oxygen atoms in total. The molecule has 0 radical (unpaired) electrons. The average Bonchev–Trinajstić information content (AvgIpc) is 3.26. The summed E-state index contributed by atoms with van der Waals surface area (Å²) < 4.78 is 0. The van der Waals surface area contributed by atoms with Crippen molar-refractivity contribution in [2.24, 2.45) is 0 Å². The molecule has 2 heterocycles. The summed E-state index contributed by atoms with van der Waals surface area (Å²) in [6, 6.07) is 72.6. The maximum absolute atomic E-state index is 5.39. The molecule has 0 bridgehead atoms. The fourth-order valence-electron chi connectivity index (χ4n) is 8.58. The SMILES string of the molecule is c1ccc(-c2nc3ccccc3c3c2cc(P(c2ccccc2)c2cc4c(-c5ccccc5)nc5ccccc5c4c4ccccc24)c2ccccc23)cc1. The van der Waals surface area contributed by atoms with Crippen LogP contribution in [0.1, 0.15) is 0 Å². The molecule has 0 atom stereocenters. The molecule has 9 aromatic carbocycles. The summed E-state index contributed by atoms with van der Waals surface area (Å²) >= 11 is 0. The highest BCUT2D eigenvalue weighted by Crippen LogP contribution is 2.46. The molecular formula is C52H33N2P. The first-order chi connectivity index (χ1) is 27.3. The first-order valence-electron chi connectivity index (χ1n) is 18.8. The molecule has 0 amide bonds. The summed E-state index contributed by atoms with van der Waals surface area (Å²) in [5, 5.41) is 16.1. The summed E-state index contributed by atoms with van der Waals surface area (Å²) in [5.74, 6) is 0. The van der Waals surface area contributed by atoms with E-state index in [0.29, 0.717) is 0 Å². The number of pyridine rings is 2. The number of hydrogen-bond acceptors (Lipinski definition) is 2. The Bertz CT molecular complexity index is 3050. The van der Waals surface area contributed by atoms with Gasteiger partial charge in [0.15, 0.2) is 0 Å². The zero-order chi connectivity index (χ0) is 36.3. The smallest absolute Gasteiger partial charge is 0.0788 e. The Labute approximate surface area is 320 Å². The van der Waals surface area contributed by atoms with E-state index in [1.165, 1.54) is 69.8 Å². The predicted octanol–water partition coefficient (Wildman–Crippen LogP) is 12.5. The third-order valence-corrected chi connectivity index (χ3v) is 13.5. The number of fused-ring (bicyclic) bond motifs is 10. The lowest BCUT2D eigenvalue weighted by Crippen LogP contribution is -2.22. The molecule has 3 heteroatoms. The number of rotatable bonds is 5. The van der Waals surface area contributed by atoms with E-state index in [1.54, 1.807) is 0 Å². The van der Waals surface area contributed by atoms with Gasteiger partial charge in [-0.2, -0.15) is 0 Å². The summed E-state index contributed by atoms with van der Waals surface area (Å²) in [7, 11) is -1.10. The van der Waals surface area contributed by atoms with Gasteiger partial charge in [-0.05, 0) is 69.6 Å². The van der Waals surface area contributed by atoms with Gasteiger partial charge in [-0.1, -0.05) is 176 Å². The van der Waals surface area contributed by atoms with E-state index in [0.717, 1.165) is 33.5 Å². The molecule has 11 aromatic rings. The largest absolute Gasteiger partial charge is 0.247 e. The first kappa shape index (κ1) is 31.8. The Morgan fingerprint density at radius 2 is 0.636 bits per heavy atom. The molecule has 0 unspecified atom stereocenters. The van der Waals surface area contributed by atoms with E-state index in [9.17, 15) is 0 Å². The van der Waals surface area contributed by atoms with Crippen molar-refractivity contribution in [2.45, 2.75) is 0 Å². The van der Waals surface area contributed by atoms with Crippen molar-refractivity contribution in [3.8, 4) is 22.5 Å². The van der Waals surface area contributed by atoms with Crippen molar-refractivity contribution >= 4 is 88.7 Å². The summed E-state index contributed by atoms with van der Waals surface area (Å²) in [6.45, 7) is 0. The Balaban J connectivity index is 1.32. The molecule has 256 valence electrons. The van der Waals surface area contributed by atoms with Gasteiger partial charge in [0.2, 0.25) is 0 Å². The average molecular weight is 717 g/mol. The second-order valence-corrected chi connectivity index (χ2v) is 16.2. The van der Waals surface area contributed by atoms with Crippen molar-refractivity contribution < 1.29 is 0 Å². The van der Waals surface area contributed by atoms with Crippen LogP contribution in [0.5, 0.6) is 0 Å². The van der Waals surface area contributed by atoms with E-state index < -0.39 is 7.92 Å². The van der Waals surface area contributed by atoms with Crippen LogP contribution in [-0.2, 0) is 0 Å². The maximum Gasteiger partial charge on any atom is 0.0788 e. The zero-order valence-corrected chi connectivity index (χ0v) is 30.8. The highest BCUT2D eigenvalue weighted by molar-refractivity contribution is 7.80. The van der Waals surface area contributed by atoms with Crippen LogP contribution in [0.25, 0.3) is 87.4 Å². The second kappa shape index (κ2) is 13.0. The minimum Gasteiger partial charge on any atom is -0.247 e. The van der Waals surface area contributed by atoms with Gasteiger partial charge in [0, 0.05) is 43.4 Å². The Hall–Kier alpha value is -6.73. The molecule has 55 heavy (non-hydrogen) atoms. The number of hydrogen-bond donors (Lipinski definition) is 0. The van der Waals surface area contributed by atoms with Crippen LogP contribution in [-0.4, -0.2) is 9.97 Å². The molecule has 0 aliphatic heterocycles. The van der Waals surface area contributed by atoms with Gasteiger partial charge >= 0.3 is 0 Å². The standard InChI is InChI=1S/C52H33N2P/c1-4-18-34(19-5-1)51-43-32-47(37-24-10-12-26-39(37)49(43)41-28-14-16-30-45(41)53-51)55(36-22-8-3-9-23-36)48-33-44-50(40-27-13-11-25-38(40)48)42-29-15-17-31-46(42)54-52(44)35-20-6-2-7-21-35/h1-33H. The number of para-hydroxylation sites is 2. The molecule has 0 saturated heterocycles. The summed E-state index contributed by atoms with van der Waals surface area (Å²) in [5.41, 5.74) is 6.26. The molecule has 0 fully saturated rings. The molecule has 0 N–H and O–H groups in total. The van der Waals surface area contributed by atoms with Gasteiger partial charge < -0.3 is 0 Å². The van der Waals surface area contributed by atoms with Crippen LogP contribution in [0.2, 0.25) is 0 Å². The molecule has 0 aliphatic carbocycles. The zero-order valence-electron chi connectivity index (χ0n) is 29.9. The number of benzene rings is 9. The van der Waals surface area contributed by atoms with Crippen LogP contribution >= 0.6 is 7.92 Å². The Morgan fingerprint density at radius 3 is 1.07 bits per heavy atom. The van der Waals surface area contributed by atoms with Crippen molar-refractivity contribution in [1.82, 2.24) is 9.97 Å². The quantitative estimate of drug-likeness (QED) is 0.131. The van der Waals surface area contributed by atoms with E-state index in [2.05, 4.69) is 200 Å². The second-order valence-electron chi connectivity index (χ2n) is 14.1. The minimum absolute atomic E-state index is 1.01. The Morgan fingerprint density at radius 1 is 0.291 bits per heavy atom. The van der Waals surface area contributed by atoms with Crippen molar-refractivity contribution in [3.05, 3.63) is 200 Å².